The lowest BCUT2D eigenvalue weighted by Crippen LogP contribution is -2.13. The normalized spacial score (nSPS) is 11.1. The van der Waals surface area contributed by atoms with Gasteiger partial charge in [-0.05, 0) is 58.3 Å². The number of halogens is 2. The third-order valence-electron chi connectivity index (χ3n) is 4.37. The number of anilines is 1. The lowest BCUT2D eigenvalue weighted by molar-refractivity contribution is 0.103. The summed E-state index contributed by atoms with van der Waals surface area (Å²) in [6.07, 6.45) is 1.41. The Balaban J connectivity index is 1.44. The third kappa shape index (κ3) is 3.20. The zero-order valence-corrected chi connectivity index (χ0v) is 15.8. The van der Waals surface area contributed by atoms with Crippen LogP contribution in [0.1, 0.15) is 9.67 Å². The minimum Gasteiger partial charge on any atom is -0.338 e. The van der Waals surface area contributed by atoms with Crippen molar-refractivity contribution >= 4 is 34.0 Å². The number of hydrogen-bond donors (Lipinski definition) is 2. The third-order valence-corrected chi connectivity index (χ3v) is 5.27. The van der Waals surface area contributed by atoms with E-state index in [2.05, 4.69) is 30.8 Å². The molecule has 148 valence electrons. The Hall–Kier alpha value is -3.99. The van der Waals surface area contributed by atoms with Crippen molar-refractivity contribution < 1.29 is 13.6 Å². The fraction of sp³-hybridized carbons (Fsp3) is 0. The number of thiophene rings is 1. The number of imidazole rings is 1. The molecule has 0 spiro atoms. The lowest BCUT2D eigenvalue weighted by atomic mass is 10.2. The molecule has 0 aliphatic carbocycles. The number of benzene rings is 2. The number of aromatic amines is 1. The van der Waals surface area contributed by atoms with E-state index < -0.39 is 11.6 Å². The molecule has 2 N–H and O–H groups in total. The molecule has 8 nitrogen and oxygen atoms in total. The molecule has 0 bridgehead atoms. The molecule has 0 radical (unpaired) electrons. The van der Waals surface area contributed by atoms with Gasteiger partial charge in [-0.25, -0.2) is 13.8 Å². The number of rotatable bonds is 4. The van der Waals surface area contributed by atoms with Crippen LogP contribution < -0.4 is 5.32 Å². The van der Waals surface area contributed by atoms with Crippen molar-refractivity contribution in [3.05, 3.63) is 70.7 Å². The Bertz CT molecular complexity index is 1380. The zero-order valence-electron chi connectivity index (χ0n) is 15.0. The smallest absolute Gasteiger partial charge is 0.267 e. The largest absolute Gasteiger partial charge is 0.338 e. The molecule has 1 amide bonds. The van der Waals surface area contributed by atoms with Gasteiger partial charge in [-0.15, -0.1) is 16.4 Å². The van der Waals surface area contributed by atoms with Crippen molar-refractivity contribution in [1.82, 2.24) is 30.2 Å². The van der Waals surface area contributed by atoms with Gasteiger partial charge in [0, 0.05) is 5.69 Å². The molecule has 0 atom stereocenters. The van der Waals surface area contributed by atoms with Gasteiger partial charge in [-0.1, -0.05) is 0 Å². The predicted octanol–water partition coefficient (Wildman–Crippen LogP) is 3.80. The minimum atomic E-state index is -0.586. The summed E-state index contributed by atoms with van der Waals surface area (Å²) >= 11 is 1.26. The van der Waals surface area contributed by atoms with E-state index in [1.807, 2.05) is 0 Å². The number of H-pyrrole nitrogens is 1. The zero-order chi connectivity index (χ0) is 20.7. The maximum absolute atomic E-state index is 14.0. The Morgan fingerprint density at radius 2 is 2.03 bits per heavy atom. The first-order chi connectivity index (χ1) is 14.6. The van der Waals surface area contributed by atoms with Crippen molar-refractivity contribution in [2.75, 3.05) is 5.32 Å². The van der Waals surface area contributed by atoms with Crippen molar-refractivity contribution in [3.8, 4) is 17.1 Å². The van der Waals surface area contributed by atoms with Crippen molar-refractivity contribution in [2.24, 2.45) is 0 Å². The Morgan fingerprint density at radius 1 is 1.13 bits per heavy atom. The van der Waals surface area contributed by atoms with E-state index in [1.54, 1.807) is 29.6 Å². The predicted molar refractivity (Wildman–Crippen MR) is 106 cm³/mol. The minimum absolute atomic E-state index is 0.0291. The van der Waals surface area contributed by atoms with Crippen LogP contribution >= 0.6 is 11.3 Å². The number of amides is 1. The number of nitrogens with one attached hydrogen (secondary N) is 2. The monoisotopic (exact) mass is 423 g/mol. The molecule has 3 heterocycles. The summed E-state index contributed by atoms with van der Waals surface area (Å²) in [6, 6.07) is 9.94. The van der Waals surface area contributed by atoms with Crippen LogP contribution in [0.2, 0.25) is 0 Å². The van der Waals surface area contributed by atoms with E-state index in [-0.39, 0.29) is 17.3 Å². The van der Waals surface area contributed by atoms with Crippen LogP contribution in [0.5, 0.6) is 0 Å². The number of aromatic nitrogens is 6. The summed E-state index contributed by atoms with van der Waals surface area (Å²) < 4.78 is 29.0. The van der Waals surface area contributed by atoms with Gasteiger partial charge >= 0.3 is 0 Å². The van der Waals surface area contributed by atoms with Crippen LogP contribution in [0.4, 0.5) is 14.5 Å². The molecule has 0 aliphatic rings. The Labute approximate surface area is 171 Å². The van der Waals surface area contributed by atoms with E-state index in [9.17, 15) is 13.6 Å². The van der Waals surface area contributed by atoms with Gasteiger partial charge < -0.3 is 10.3 Å². The van der Waals surface area contributed by atoms with Gasteiger partial charge in [-0.3, -0.25) is 4.79 Å². The first-order valence-electron chi connectivity index (χ1n) is 8.66. The Morgan fingerprint density at radius 3 is 2.87 bits per heavy atom. The topological polar surface area (TPSA) is 101 Å². The summed E-state index contributed by atoms with van der Waals surface area (Å²) in [5, 5.41) is 15.5. The van der Waals surface area contributed by atoms with E-state index in [4.69, 9.17) is 0 Å². The molecule has 5 aromatic rings. The van der Waals surface area contributed by atoms with Gasteiger partial charge in [0.2, 0.25) is 0 Å². The summed E-state index contributed by atoms with van der Waals surface area (Å²) in [5.41, 5.74) is 2.23. The molecule has 5 rings (SSSR count). The molecule has 0 saturated heterocycles. The highest BCUT2D eigenvalue weighted by molar-refractivity contribution is 7.12. The average molecular weight is 423 g/mol. The number of carbonyl (C=O) groups excluding carboxylic acids is 1. The van der Waals surface area contributed by atoms with Gasteiger partial charge in [0.05, 0.1) is 22.3 Å². The Kier molecular flexibility index (Phi) is 4.29. The molecule has 0 saturated carbocycles. The number of tetrazole rings is 1. The summed E-state index contributed by atoms with van der Waals surface area (Å²) in [7, 11) is 0. The van der Waals surface area contributed by atoms with Gasteiger partial charge in [-0.2, -0.15) is 4.68 Å². The van der Waals surface area contributed by atoms with Crippen LogP contribution in [0.25, 0.3) is 28.1 Å². The molecule has 0 fully saturated rings. The average Bonchev–Trinajstić information content (AvgIpc) is 3.48. The molecule has 11 heteroatoms. The fourth-order valence-electron chi connectivity index (χ4n) is 3.01. The highest BCUT2D eigenvalue weighted by atomic mass is 32.1. The quantitative estimate of drug-likeness (QED) is 0.458. The summed E-state index contributed by atoms with van der Waals surface area (Å²) in [5.74, 6) is -1.28. The summed E-state index contributed by atoms with van der Waals surface area (Å²) in [4.78, 5) is 20.4. The first-order valence-corrected chi connectivity index (χ1v) is 9.54. The van der Waals surface area contributed by atoms with E-state index in [0.717, 1.165) is 18.2 Å². The van der Waals surface area contributed by atoms with Gasteiger partial charge in [0.1, 0.15) is 28.7 Å². The maximum atomic E-state index is 14.0. The number of fused-ring (bicyclic) bond motifs is 1. The van der Waals surface area contributed by atoms with E-state index in [1.165, 1.54) is 22.3 Å². The maximum Gasteiger partial charge on any atom is 0.267 e. The second-order valence-corrected chi connectivity index (χ2v) is 7.20. The molecule has 0 unspecified atom stereocenters. The van der Waals surface area contributed by atoms with Crippen molar-refractivity contribution in [1.29, 1.82) is 0 Å². The van der Waals surface area contributed by atoms with Crippen molar-refractivity contribution in [2.45, 2.75) is 0 Å². The van der Waals surface area contributed by atoms with Crippen molar-refractivity contribution in [3.63, 3.8) is 0 Å². The molecular weight excluding hydrogens is 412 g/mol. The van der Waals surface area contributed by atoms with Crippen LogP contribution in [-0.4, -0.2) is 36.1 Å². The molecule has 30 heavy (non-hydrogen) atoms. The van der Waals surface area contributed by atoms with E-state index >= 15 is 0 Å². The van der Waals surface area contributed by atoms with Gasteiger partial charge in [0.25, 0.3) is 5.91 Å². The second kappa shape index (κ2) is 7.12. The molecule has 3 aromatic heterocycles. The van der Waals surface area contributed by atoms with Gasteiger partial charge in [0.15, 0.2) is 0 Å². The second-order valence-electron chi connectivity index (χ2n) is 6.28. The van der Waals surface area contributed by atoms with Crippen LogP contribution in [0, 0.1) is 11.6 Å². The van der Waals surface area contributed by atoms with Crippen LogP contribution in [0.15, 0.2) is 54.2 Å². The fourth-order valence-corrected chi connectivity index (χ4v) is 3.78. The number of nitrogens with zero attached hydrogens (tertiary/aromatic N) is 5. The molecule has 0 aliphatic heterocycles. The highest BCUT2D eigenvalue weighted by Crippen LogP contribution is 2.26. The summed E-state index contributed by atoms with van der Waals surface area (Å²) in [6.45, 7) is 0. The van der Waals surface area contributed by atoms with Crippen LogP contribution in [0.3, 0.4) is 0 Å². The highest BCUT2D eigenvalue weighted by Gasteiger charge is 2.17. The standard InChI is InChI=1S/C19H11F2N7OS/c20-10-1-3-13(21)12(7-10)18-24-14-4-2-11(8-15(14)25-18)23-19(29)17-16(5-6-30-17)28-9-22-26-27-28/h1-9H,(H,23,29)(H,24,25). The van der Waals surface area contributed by atoms with Crippen LogP contribution in [-0.2, 0) is 0 Å². The number of hydrogen-bond acceptors (Lipinski definition) is 6. The number of carbonyl (C=O) groups is 1. The molecule has 2 aromatic carbocycles. The molecular formula is C19H11F2N7OS. The SMILES string of the molecule is O=C(Nc1ccc2nc(-c3cc(F)ccc3F)[nH]c2c1)c1sccc1-n1cnnn1. The first kappa shape index (κ1) is 18.1. The lowest BCUT2D eigenvalue weighted by Gasteiger charge is -2.05. The van der Waals surface area contributed by atoms with E-state index in [0.29, 0.717) is 27.3 Å².